The Bertz CT molecular complexity index is 701. The van der Waals surface area contributed by atoms with Crippen molar-refractivity contribution in [2.45, 2.75) is 12.5 Å². The van der Waals surface area contributed by atoms with Crippen LogP contribution in [0.25, 0.3) is 0 Å². The number of nitrogens with one attached hydrogen (secondary N) is 2. The van der Waals surface area contributed by atoms with Crippen LogP contribution in [0.3, 0.4) is 0 Å². The van der Waals surface area contributed by atoms with Gasteiger partial charge in [-0.2, -0.15) is 0 Å². The third kappa shape index (κ3) is 4.42. The quantitative estimate of drug-likeness (QED) is 0.873. The van der Waals surface area contributed by atoms with Crippen molar-refractivity contribution in [3.8, 4) is 5.75 Å². The molecule has 2 amide bonds. The number of amides is 2. The van der Waals surface area contributed by atoms with E-state index in [9.17, 15) is 4.79 Å². The molecule has 0 saturated carbocycles. The van der Waals surface area contributed by atoms with E-state index in [1.165, 1.54) is 0 Å². The second-order valence-electron chi connectivity index (χ2n) is 5.95. The molecule has 0 spiro atoms. The summed E-state index contributed by atoms with van der Waals surface area (Å²) in [6.07, 6.45) is 1.34. The van der Waals surface area contributed by atoms with Gasteiger partial charge in [-0.15, -0.1) is 0 Å². The summed E-state index contributed by atoms with van der Waals surface area (Å²) in [5.41, 5.74) is 2.59. The number of methoxy groups -OCH3 is 2. The van der Waals surface area contributed by atoms with Gasteiger partial charge in [0.2, 0.25) is 0 Å². The lowest BCUT2D eigenvalue weighted by Crippen LogP contribution is -2.22. The van der Waals surface area contributed by atoms with Gasteiger partial charge in [-0.25, -0.2) is 4.79 Å². The van der Waals surface area contributed by atoms with E-state index in [2.05, 4.69) is 15.5 Å². The lowest BCUT2D eigenvalue weighted by molar-refractivity contribution is 0.121. The van der Waals surface area contributed by atoms with Gasteiger partial charge in [0.25, 0.3) is 0 Å². The number of nitrogens with zero attached hydrogens (tertiary/aromatic N) is 1. The molecule has 1 unspecified atom stereocenters. The summed E-state index contributed by atoms with van der Waals surface area (Å²) in [4.78, 5) is 14.4. The molecule has 6 nitrogen and oxygen atoms in total. The van der Waals surface area contributed by atoms with Crippen LogP contribution in [-0.4, -0.2) is 39.4 Å². The first-order valence-electron chi connectivity index (χ1n) is 8.28. The molecule has 132 valence electrons. The van der Waals surface area contributed by atoms with Gasteiger partial charge in [-0.1, -0.05) is 0 Å². The van der Waals surface area contributed by atoms with Crippen LogP contribution in [0.5, 0.6) is 5.75 Å². The largest absolute Gasteiger partial charge is 0.497 e. The molecule has 25 heavy (non-hydrogen) atoms. The molecular weight excluding hydrogens is 318 g/mol. The molecule has 1 saturated heterocycles. The van der Waals surface area contributed by atoms with Crippen LogP contribution in [-0.2, 0) is 4.74 Å². The Kier molecular flexibility index (Phi) is 5.40. The molecule has 0 aromatic heterocycles. The first kappa shape index (κ1) is 17.1. The van der Waals surface area contributed by atoms with E-state index in [1.807, 2.05) is 24.3 Å². The summed E-state index contributed by atoms with van der Waals surface area (Å²) < 4.78 is 10.5. The molecule has 1 aliphatic rings. The number of ether oxygens (including phenoxy) is 2. The standard InChI is InChI=1S/C19H23N3O3/c1-24-17-9-5-15(6-10-17)21-19(23)20-14-3-7-16(8-4-14)22-12-11-18(13-22)25-2/h3-10,18H,11-13H2,1-2H3,(H2,20,21,23). The molecule has 1 atom stereocenters. The number of rotatable bonds is 5. The number of hydrogen-bond donors (Lipinski definition) is 2. The van der Waals surface area contributed by atoms with E-state index in [1.54, 1.807) is 38.5 Å². The third-order valence-corrected chi connectivity index (χ3v) is 4.32. The van der Waals surface area contributed by atoms with Crippen molar-refractivity contribution in [3.63, 3.8) is 0 Å². The maximum atomic E-state index is 12.1. The molecule has 1 heterocycles. The predicted molar refractivity (Wildman–Crippen MR) is 99.7 cm³/mol. The first-order chi connectivity index (χ1) is 12.2. The van der Waals surface area contributed by atoms with E-state index in [0.717, 1.165) is 36.6 Å². The van der Waals surface area contributed by atoms with Crippen molar-refractivity contribution >= 4 is 23.1 Å². The highest BCUT2D eigenvalue weighted by Crippen LogP contribution is 2.23. The molecule has 1 aliphatic heterocycles. The van der Waals surface area contributed by atoms with Crippen molar-refractivity contribution in [2.75, 3.05) is 42.8 Å². The summed E-state index contributed by atoms with van der Waals surface area (Å²) in [7, 11) is 3.36. The molecule has 2 aromatic carbocycles. The Morgan fingerprint density at radius 1 is 1.00 bits per heavy atom. The molecule has 1 fully saturated rings. The zero-order valence-corrected chi connectivity index (χ0v) is 14.5. The molecule has 3 rings (SSSR count). The van der Waals surface area contributed by atoms with E-state index in [-0.39, 0.29) is 6.03 Å². The lowest BCUT2D eigenvalue weighted by Gasteiger charge is -2.18. The van der Waals surface area contributed by atoms with E-state index in [0.29, 0.717) is 11.8 Å². The first-order valence-corrected chi connectivity index (χ1v) is 8.28. The molecule has 0 radical (unpaired) electrons. The van der Waals surface area contributed by atoms with Gasteiger partial charge in [0.05, 0.1) is 13.2 Å². The van der Waals surface area contributed by atoms with E-state index >= 15 is 0 Å². The van der Waals surface area contributed by atoms with Gasteiger partial charge < -0.3 is 25.0 Å². The van der Waals surface area contributed by atoms with Gasteiger partial charge in [-0.05, 0) is 55.0 Å². The van der Waals surface area contributed by atoms with Gasteiger partial charge in [-0.3, -0.25) is 0 Å². The zero-order valence-electron chi connectivity index (χ0n) is 14.5. The molecule has 2 N–H and O–H groups in total. The Labute approximate surface area is 147 Å². The predicted octanol–water partition coefficient (Wildman–Crippen LogP) is 3.56. The lowest BCUT2D eigenvalue weighted by atomic mass is 10.2. The van der Waals surface area contributed by atoms with Crippen molar-refractivity contribution in [2.24, 2.45) is 0 Å². The fraction of sp³-hybridized carbons (Fsp3) is 0.316. The van der Waals surface area contributed by atoms with Crippen molar-refractivity contribution in [1.29, 1.82) is 0 Å². The minimum Gasteiger partial charge on any atom is -0.497 e. The van der Waals surface area contributed by atoms with Gasteiger partial charge >= 0.3 is 6.03 Å². The SMILES string of the molecule is COc1ccc(NC(=O)Nc2ccc(N3CCC(OC)C3)cc2)cc1. The third-order valence-electron chi connectivity index (χ3n) is 4.32. The van der Waals surface area contributed by atoms with Crippen molar-refractivity contribution < 1.29 is 14.3 Å². The number of hydrogen-bond acceptors (Lipinski definition) is 4. The smallest absolute Gasteiger partial charge is 0.323 e. The Hall–Kier alpha value is -2.73. The van der Waals surface area contributed by atoms with Crippen LogP contribution in [0, 0.1) is 0 Å². The van der Waals surface area contributed by atoms with Gasteiger partial charge in [0.1, 0.15) is 5.75 Å². The number of carbonyl (C=O) groups excluding carboxylic acids is 1. The highest BCUT2D eigenvalue weighted by Gasteiger charge is 2.22. The van der Waals surface area contributed by atoms with Crippen LogP contribution in [0.1, 0.15) is 6.42 Å². The normalized spacial score (nSPS) is 16.6. The topological polar surface area (TPSA) is 62.8 Å². The molecule has 2 aromatic rings. The number of anilines is 3. The minimum absolute atomic E-state index is 0.279. The van der Waals surface area contributed by atoms with Crippen molar-refractivity contribution in [3.05, 3.63) is 48.5 Å². The summed E-state index contributed by atoms with van der Waals surface area (Å²) >= 11 is 0. The van der Waals surface area contributed by atoms with Crippen LogP contribution in [0.2, 0.25) is 0 Å². The number of urea groups is 1. The molecule has 0 bridgehead atoms. The molecular formula is C19H23N3O3. The van der Waals surface area contributed by atoms with E-state index < -0.39 is 0 Å². The van der Waals surface area contributed by atoms with Crippen LogP contribution >= 0.6 is 0 Å². The Morgan fingerprint density at radius 3 is 2.12 bits per heavy atom. The second-order valence-corrected chi connectivity index (χ2v) is 5.95. The summed E-state index contributed by atoms with van der Waals surface area (Å²) in [5, 5.41) is 5.62. The Morgan fingerprint density at radius 2 is 1.60 bits per heavy atom. The fourth-order valence-electron chi connectivity index (χ4n) is 2.88. The monoisotopic (exact) mass is 341 g/mol. The van der Waals surface area contributed by atoms with E-state index in [4.69, 9.17) is 9.47 Å². The number of benzene rings is 2. The maximum absolute atomic E-state index is 12.1. The average Bonchev–Trinajstić information content (AvgIpc) is 3.12. The molecule has 0 aliphatic carbocycles. The molecule has 6 heteroatoms. The van der Waals surface area contributed by atoms with Crippen molar-refractivity contribution in [1.82, 2.24) is 0 Å². The zero-order chi connectivity index (χ0) is 17.6. The number of carbonyl (C=O) groups is 1. The fourth-order valence-corrected chi connectivity index (χ4v) is 2.88. The van der Waals surface area contributed by atoms with Crippen LogP contribution < -0.4 is 20.3 Å². The minimum atomic E-state index is -0.279. The second kappa shape index (κ2) is 7.90. The van der Waals surface area contributed by atoms with Gasteiger partial charge in [0, 0.05) is 37.3 Å². The van der Waals surface area contributed by atoms with Crippen LogP contribution in [0.4, 0.5) is 21.9 Å². The van der Waals surface area contributed by atoms with Crippen LogP contribution in [0.15, 0.2) is 48.5 Å². The maximum Gasteiger partial charge on any atom is 0.323 e. The average molecular weight is 341 g/mol. The highest BCUT2D eigenvalue weighted by atomic mass is 16.5. The summed E-state index contributed by atoms with van der Waals surface area (Å²) in [6.45, 7) is 1.89. The summed E-state index contributed by atoms with van der Waals surface area (Å²) in [5.74, 6) is 0.749. The van der Waals surface area contributed by atoms with Gasteiger partial charge in [0.15, 0.2) is 0 Å². The highest BCUT2D eigenvalue weighted by molar-refractivity contribution is 5.99. The Balaban J connectivity index is 1.54. The summed E-state index contributed by atoms with van der Waals surface area (Å²) in [6, 6.07) is 14.7.